The molecule has 5 heteroatoms. The van der Waals surface area contributed by atoms with Gasteiger partial charge in [0.1, 0.15) is 0 Å². The molecule has 0 aliphatic rings. The molecule has 2 rings (SSSR count). The van der Waals surface area contributed by atoms with Crippen LogP contribution in [0.15, 0.2) is 22.1 Å². The molecule has 1 unspecified atom stereocenters. The summed E-state index contributed by atoms with van der Waals surface area (Å²) in [5.74, 6) is 0. The molecule has 1 N–H and O–H groups in total. The van der Waals surface area contributed by atoms with Crippen LogP contribution in [0.4, 0.5) is 0 Å². The molecule has 18 heavy (non-hydrogen) atoms. The Balaban J connectivity index is 2.22. The predicted molar refractivity (Wildman–Crippen MR) is 80.1 cm³/mol. The van der Waals surface area contributed by atoms with E-state index in [-0.39, 0.29) is 0 Å². The molecule has 0 radical (unpaired) electrons. The van der Waals surface area contributed by atoms with Crippen LogP contribution in [-0.2, 0) is 19.9 Å². The number of nitrogens with zero attached hydrogens (tertiary/aromatic N) is 2. The van der Waals surface area contributed by atoms with Crippen molar-refractivity contribution in [2.24, 2.45) is 7.05 Å². The molecule has 0 bridgehead atoms. The lowest BCUT2D eigenvalue weighted by Gasteiger charge is -2.15. The predicted octanol–water partition coefficient (Wildman–Crippen LogP) is 3.31. The zero-order chi connectivity index (χ0) is 13.1. The highest BCUT2D eigenvalue weighted by molar-refractivity contribution is 9.10. The van der Waals surface area contributed by atoms with Crippen LogP contribution in [0, 0.1) is 0 Å². The maximum Gasteiger partial charge on any atom is 0.0669 e. The lowest BCUT2D eigenvalue weighted by atomic mass is 10.0. The second-order valence-corrected chi connectivity index (χ2v) is 6.25. The first-order valence-corrected chi connectivity index (χ1v) is 7.73. The lowest BCUT2D eigenvalue weighted by molar-refractivity contribution is 0.591. The third kappa shape index (κ3) is 3.02. The monoisotopic (exact) mass is 327 g/mol. The van der Waals surface area contributed by atoms with E-state index in [0.29, 0.717) is 6.04 Å². The molecule has 0 saturated heterocycles. The van der Waals surface area contributed by atoms with Gasteiger partial charge in [-0.2, -0.15) is 5.10 Å². The number of likely N-dealkylation sites (N-methyl/N-ethyl adjacent to an activating group) is 1. The molecule has 2 aromatic rings. The Morgan fingerprint density at radius 1 is 1.56 bits per heavy atom. The molecular formula is C13H18BrN3S. The van der Waals surface area contributed by atoms with Gasteiger partial charge in [0, 0.05) is 46.0 Å². The molecule has 0 aliphatic carbocycles. The van der Waals surface area contributed by atoms with Crippen molar-refractivity contribution in [3.63, 3.8) is 0 Å². The summed E-state index contributed by atoms with van der Waals surface area (Å²) in [5, 5.41) is 10.0. The fraction of sp³-hybridized carbons (Fsp3) is 0.462. The van der Waals surface area contributed by atoms with Crippen LogP contribution in [0.3, 0.4) is 0 Å². The van der Waals surface area contributed by atoms with Crippen molar-refractivity contribution in [2.75, 3.05) is 7.05 Å². The van der Waals surface area contributed by atoms with Crippen molar-refractivity contribution in [1.29, 1.82) is 0 Å². The standard InChI is InChI=1S/C13H18BrN3S/c1-4-12-11(7-17(3)16-12)13(15-2)6-10-5-9(14)8-18-10/h5,7-8,13,15H,4,6H2,1-3H3. The highest BCUT2D eigenvalue weighted by atomic mass is 79.9. The Morgan fingerprint density at radius 3 is 2.89 bits per heavy atom. The highest BCUT2D eigenvalue weighted by Gasteiger charge is 2.17. The Kier molecular flexibility index (Phi) is 4.59. The van der Waals surface area contributed by atoms with Gasteiger partial charge in [-0.25, -0.2) is 0 Å². The van der Waals surface area contributed by atoms with Gasteiger partial charge in [-0.15, -0.1) is 11.3 Å². The number of aromatic nitrogens is 2. The molecule has 98 valence electrons. The van der Waals surface area contributed by atoms with E-state index in [1.807, 2.05) is 18.8 Å². The average Bonchev–Trinajstić information content (AvgIpc) is 2.92. The van der Waals surface area contributed by atoms with Crippen molar-refractivity contribution in [3.8, 4) is 0 Å². The SMILES string of the molecule is CCc1nn(C)cc1C(Cc1cc(Br)cs1)NC. The fourth-order valence-electron chi connectivity index (χ4n) is 2.15. The average molecular weight is 328 g/mol. The van der Waals surface area contributed by atoms with Crippen molar-refractivity contribution in [1.82, 2.24) is 15.1 Å². The first-order chi connectivity index (χ1) is 8.63. The van der Waals surface area contributed by atoms with Crippen LogP contribution in [0.2, 0.25) is 0 Å². The maximum absolute atomic E-state index is 4.52. The van der Waals surface area contributed by atoms with Crippen molar-refractivity contribution in [3.05, 3.63) is 38.3 Å². The molecule has 0 fully saturated rings. The van der Waals surface area contributed by atoms with Gasteiger partial charge in [-0.3, -0.25) is 4.68 Å². The number of aryl methyl sites for hydroxylation is 2. The molecule has 0 spiro atoms. The largest absolute Gasteiger partial charge is 0.313 e. The number of thiophene rings is 1. The summed E-state index contributed by atoms with van der Waals surface area (Å²) in [4.78, 5) is 1.38. The number of hydrogen-bond acceptors (Lipinski definition) is 3. The number of nitrogens with one attached hydrogen (secondary N) is 1. The summed E-state index contributed by atoms with van der Waals surface area (Å²) in [6.07, 6.45) is 4.11. The Hall–Kier alpha value is -0.650. The molecule has 0 aliphatic heterocycles. The van der Waals surface area contributed by atoms with E-state index in [1.165, 1.54) is 20.6 Å². The Morgan fingerprint density at radius 2 is 2.33 bits per heavy atom. The van der Waals surface area contributed by atoms with E-state index in [1.54, 1.807) is 11.3 Å². The maximum atomic E-state index is 4.52. The van der Waals surface area contributed by atoms with Gasteiger partial charge in [-0.05, 0) is 35.5 Å². The number of halogens is 1. The molecule has 3 nitrogen and oxygen atoms in total. The summed E-state index contributed by atoms with van der Waals surface area (Å²) in [7, 11) is 4.00. The van der Waals surface area contributed by atoms with E-state index in [2.05, 4.69) is 50.9 Å². The van der Waals surface area contributed by atoms with Crippen molar-refractivity contribution >= 4 is 27.3 Å². The minimum atomic E-state index is 0.333. The zero-order valence-electron chi connectivity index (χ0n) is 10.9. The Bertz CT molecular complexity index is 518. The molecule has 2 aromatic heterocycles. The molecular weight excluding hydrogens is 310 g/mol. The topological polar surface area (TPSA) is 29.9 Å². The van der Waals surface area contributed by atoms with E-state index in [0.717, 1.165) is 12.8 Å². The van der Waals surface area contributed by atoms with Gasteiger partial charge >= 0.3 is 0 Å². The number of hydrogen-bond donors (Lipinski definition) is 1. The van der Waals surface area contributed by atoms with E-state index in [9.17, 15) is 0 Å². The van der Waals surface area contributed by atoms with Crippen LogP contribution >= 0.6 is 27.3 Å². The van der Waals surface area contributed by atoms with Crippen LogP contribution in [-0.4, -0.2) is 16.8 Å². The fourth-order valence-corrected chi connectivity index (χ4v) is 3.65. The normalized spacial score (nSPS) is 12.9. The first kappa shape index (κ1) is 13.8. The summed E-state index contributed by atoms with van der Waals surface area (Å²) in [6.45, 7) is 2.15. The molecule has 2 heterocycles. The first-order valence-electron chi connectivity index (χ1n) is 6.06. The van der Waals surface area contributed by atoms with Crippen LogP contribution in [0.25, 0.3) is 0 Å². The third-order valence-electron chi connectivity index (χ3n) is 3.02. The van der Waals surface area contributed by atoms with Crippen LogP contribution in [0.1, 0.15) is 29.1 Å². The second kappa shape index (κ2) is 5.99. The van der Waals surface area contributed by atoms with Crippen molar-refractivity contribution < 1.29 is 0 Å². The zero-order valence-corrected chi connectivity index (χ0v) is 13.3. The van der Waals surface area contributed by atoms with E-state index < -0.39 is 0 Å². The van der Waals surface area contributed by atoms with Gasteiger partial charge in [0.05, 0.1) is 5.69 Å². The van der Waals surface area contributed by atoms with Gasteiger partial charge in [-0.1, -0.05) is 6.92 Å². The van der Waals surface area contributed by atoms with Gasteiger partial charge in [0.25, 0.3) is 0 Å². The summed E-state index contributed by atoms with van der Waals surface area (Å²) >= 11 is 5.30. The molecule has 1 atom stereocenters. The van der Waals surface area contributed by atoms with Gasteiger partial charge < -0.3 is 5.32 Å². The van der Waals surface area contributed by atoms with Crippen LogP contribution in [0.5, 0.6) is 0 Å². The summed E-state index contributed by atoms with van der Waals surface area (Å²) in [6, 6.07) is 2.52. The minimum Gasteiger partial charge on any atom is -0.313 e. The second-order valence-electron chi connectivity index (χ2n) is 4.33. The lowest BCUT2D eigenvalue weighted by Crippen LogP contribution is -2.19. The summed E-state index contributed by atoms with van der Waals surface area (Å²) in [5.41, 5.74) is 2.50. The Labute approximate surface area is 120 Å². The van der Waals surface area contributed by atoms with Gasteiger partial charge in [0.15, 0.2) is 0 Å². The smallest absolute Gasteiger partial charge is 0.0669 e. The summed E-state index contributed by atoms with van der Waals surface area (Å²) < 4.78 is 3.07. The van der Waals surface area contributed by atoms with Crippen molar-refractivity contribution in [2.45, 2.75) is 25.8 Å². The quantitative estimate of drug-likeness (QED) is 0.913. The minimum absolute atomic E-state index is 0.333. The highest BCUT2D eigenvalue weighted by Crippen LogP contribution is 2.26. The van der Waals surface area contributed by atoms with E-state index in [4.69, 9.17) is 0 Å². The van der Waals surface area contributed by atoms with Crippen LogP contribution < -0.4 is 5.32 Å². The van der Waals surface area contributed by atoms with E-state index >= 15 is 0 Å². The number of rotatable bonds is 5. The van der Waals surface area contributed by atoms with Gasteiger partial charge in [0.2, 0.25) is 0 Å². The molecule has 0 aromatic carbocycles. The molecule has 0 saturated carbocycles. The molecule has 0 amide bonds. The third-order valence-corrected chi connectivity index (χ3v) is 4.74.